The molecular formula is C16H24N2O4. The molecule has 1 fully saturated rings. The first-order chi connectivity index (χ1) is 10.6. The number of carbonyl (C=O) groups is 1. The van der Waals surface area contributed by atoms with Crippen molar-refractivity contribution >= 4 is 5.91 Å². The number of amides is 1. The third-order valence-electron chi connectivity index (χ3n) is 3.92. The van der Waals surface area contributed by atoms with Crippen molar-refractivity contribution in [2.24, 2.45) is 0 Å². The van der Waals surface area contributed by atoms with Crippen molar-refractivity contribution in [3.63, 3.8) is 0 Å². The molecule has 1 aromatic carbocycles. The molecule has 1 aromatic rings. The summed E-state index contributed by atoms with van der Waals surface area (Å²) < 4.78 is 0. The summed E-state index contributed by atoms with van der Waals surface area (Å²) in [7, 11) is 0. The van der Waals surface area contributed by atoms with E-state index >= 15 is 0 Å². The molecule has 0 unspecified atom stereocenters. The summed E-state index contributed by atoms with van der Waals surface area (Å²) in [5.74, 6) is -0.0124. The summed E-state index contributed by atoms with van der Waals surface area (Å²) in [5.41, 5.74) is 1.72. The van der Waals surface area contributed by atoms with Crippen molar-refractivity contribution in [3.05, 3.63) is 35.4 Å². The molecule has 1 aliphatic heterocycles. The first-order valence-corrected chi connectivity index (χ1v) is 7.60. The van der Waals surface area contributed by atoms with Crippen LogP contribution in [0, 0.1) is 0 Å². The molecule has 0 bridgehead atoms. The van der Waals surface area contributed by atoms with E-state index in [4.69, 9.17) is 10.2 Å². The van der Waals surface area contributed by atoms with Crippen LogP contribution in [0.2, 0.25) is 0 Å². The van der Waals surface area contributed by atoms with Gasteiger partial charge in [0.15, 0.2) is 0 Å². The van der Waals surface area contributed by atoms with Crippen LogP contribution in [0.4, 0.5) is 0 Å². The molecule has 0 aliphatic carbocycles. The van der Waals surface area contributed by atoms with Crippen molar-refractivity contribution in [2.75, 3.05) is 39.3 Å². The highest BCUT2D eigenvalue weighted by Crippen LogP contribution is 2.09. The summed E-state index contributed by atoms with van der Waals surface area (Å²) in [4.78, 5) is 16.0. The van der Waals surface area contributed by atoms with Crippen LogP contribution in [-0.2, 0) is 17.8 Å². The average Bonchev–Trinajstić information content (AvgIpc) is 2.70. The van der Waals surface area contributed by atoms with Gasteiger partial charge in [-0.05, 0) is 11.1 Å². The highest BCUT2D eigenvalue weighted by atomic mass is 16.3. The molecule has 1 heterocycles. The zero-order valence-corrected chi connectivity index (χ0v) is 12.7. The van der Waals surface area contributed by atoms with Crippen LogP contribution < -0.4 is 0 Å². The Morgan fingerprint density at radius 1 is 1.09 bits per heavy atom. The molecule has 22 heavy (non-hydrogen) atoms. The van der Waals surface area contributed by atoms with Gasteiger partial charge in [-0.2, -0.15) is 0 Å². The quantitative estimate of drug-likeness (QED) is 0.664. The van der Waals surface area contributed by atoms with Gasteiger partial charge in [0.05, 0.1) is 25.7 Å². The van der Waals surface area contributed by atoms with E-state index in [1.54, 1.807) is 4.90 Å². The van der Waals surface area contributed by atoms with Crippen LogP contribution in [0.25, 0.3) is 0 Å². The number of β-amino-alcohol motifs (C(OH)–C–C–N with tert-alkyl or cyclic N) is 2. The van der Waals surface area contributed by atoms with Crippen molar-refractivity contribution in [2.45, 2.75) is 19.1 Å². The van der Waals surface area contributed by atoms with E-state index < -0.39 is 6.10 Å². The van der Waals surface area contributed by atoms with Crippen LogP contribution >= 0.6 is 0 Å². The number of rotatable bonds is 5. The van der Waals surface area contributed by atoms with Gasteiger partial charge in [0.2, 0.25) is 5.91 Å². The van der Waals surface area contributed by atoms with Gasteiger partial charge in [-0.25, -0.2) is 0 Å². The predicted molar refractivity (Wildman–Crippen MR) is 82.2 cm³/mol. The van der Waals surface area contributed by atoms with Gasteiger partial charge >= 0.3 is 0 Å². The lowest BCUT2D eigenvalue weighted by atomic mass is 10.1. The molecule has 2 rings (SSSR count). The second kappa shape index (κ2) is 8.24. The lowest BCUT2D eigenvalue weighted by molar-refractivity contribution is -0.131. The lowest BCUT2D eigenvalue weighted by Gasteiger charge is -2.22. The van der Waals surface area contributed by atoms with Gasteiger partial charge in [-0.15, -0.1) is 0 Å². The zero-order chi connectivity index (χ0) is 15.9. The molecule has 1 atom stereocenters. The normalized spacial score (nSPS) is 20.0. The number of aliphatic hydroxyl groups is 3. The van der Waals surface area contributed by atoms with Crippen LogP contribution in [-0.4, -0.2) is 76.5 Å². The average molecular weight is 308 g/mol. The number of aliphatic hydroxyl groups excluding tert-OH is 3. The SMILES string of the molecule is O=C(Cc1ccc(CO)cc1)N1CCN(CCO)C[C@H](O)C1. The number of hydrogen-bond donors (Lipinski definition) is 3. The number of carbonyl (C=O) groups excluding carboxylic acids is 1. The minimum atomic E-state index is -0.588. The number of hydrogen-bond acceptors (Lipinski definition) is 5. The summed E-state index contributed by atoms with van der Waals surface area (Å²) in [6.45, 7) is 2.59. The molecule has 0 spiro atoms. The van der Waals surface area contributed by atoms with Gasteiger partial charge in [0.25, 0.3) is 0 Å². The van der Waals surface area contributed by atoms with Gasteiger partial charge in [-0.1, -0.05) is 24.3 Å². The predicted octanol–water partition coefficient (Wildman–Crippen LogP) is -0.781. The highest BCUT2D eigenvalue weighted by molar-refractivity contribution is 5.78. The standard InChI is InChI=1S/C16H24N2O4/c19-8-7-17-5-6-18(11-15(21)10-17)16(22)9-13-1-3-14(12-20)4-2-13/h1-4,15,19-21H,5-12H2/t15-/m0/s1. The van der Waals surface area contributed by atoms with Gasteiger partial charge in [-0.3, -0.25) is 9.69 Å². The van der Waals surface area contributed by atoms with Crippen LogP contribution in [0.15, 0.2) is 24.3 Å². The fourth-order valence-electron chi connectivity index (χ4n) is 2.67. The molecule has 1 amide bonds. The minimum Gasteiger partial charge on any atom is -0.395 e. The highest BCUT2D eigenvalue weighted by Gasteiger charge is 2.24. The van der Waals surface area contributed by atoms with E-state index in [1.165, 1.54) is 0 Å². The summed E-state index contributed by atoms with van der Waals surface area (Å²) in [6.07, 6.45) is -0.298. The topological polar surface area (TPSA) is 84.2 Å². The van der Waals surface area contributed by atoms with E-state index in [0.717, 1.165) is 11.1 Å². The Balaban J connectivity index is 1.93. The van der Waals surface area contributed by atoms with Crippen LogP contribution in [0.1, 0.15) is 11.1 Å². The van der Waals surface area contributed by atoms with Crippen molar-refractivity contribution in [1.82, 2.24) is 9.80 Å². The van der Waals surface area contributed by atoms with Crippen LogP contribution in [0.5, 0.6) is 0 Å². The molecule has 6 heteroatoms. The Bertz CT molecular complexity index is 478. The Hall–Kier alpha value is -1.47. The largest absolute Gasteiger partial charge is 0.395 e. The summed E-state index contributed by atoms with van der Waals surface area (Å²) in [6, 6.07) is 7.30. The Morgan fingerprint density at radius 2 is 1.77 bits per heavy atom. The molecule has 1 saturated heterocycles. The Kier molecular flexibility index (Phi) is 6.33. The summed E-state index contributed by atoms with van der Waals surface area (Å²) in [5, 5.41) is 28.0. The molecule has 0 saturated carbocycles. The fourth-order valence-corrected chi connectivity index (χ4v) is 2.67. The summed E-state index contributed by atoms with van der Waals surface area (Å²) >= 11 is 0. The minimum absolute atomic E-state index is 0.00671. The number of nitrogens with zero attached hydrogens (tertiary/aromatic N) is 2. The molecule has 3 N–H and O–H groups in total. The molecule has 0 aromatic heterocycles. The maximum Gasteiger partial charge on any atom is 0.227 e. The maximum absolute atomic E-state index is 12.4. The van der Waals surface area contributed by atoms with E-state index in [-0.39, 0.29) is 19.1 Å². The number of benzene rings is 1. The molecule has 1 aliphatic rings. The second-order valence-electron chi connectivity index (χ2n) is 5.67. The zero-order valence-electron chi connectivity index (χ0n) is 12.7. The van der Waals surface area contributed by atoms with Gasteiger partial charge < -0.3 is 20.2 Å². The Labute approximate surface area is 130 Å². The van der Waals surface area contributed by atoms with Crippen LogP contribution in [0.3, 0.4) is 0 Å². The molecule has 122 valence electrons. The van der Waals surface area contributed by atoms with E-state index in [1.807, 2.05) is 29.2 Å². The van der Waals surface area contributed by atoms with E-state index in [9.17, 15) is 9.90 Å². The van der Waals surface area contributed by atoms with Crippen molar-refractivity contribution in [1.29, 1.82) is 0 Å². The molecule has 6 nitrogen and oxygen atoms in total. The van der Waals surface area contributed by atoms with Gasteiger partial charge in [0.1, 0.15) is 0 Å². The molecular weight excluding hydrogens is 284 g/mol. The monoisotopic (exact) mass is 308 g/mol. The van der Waals surface area contributed by atoms with E-state index in [0.29, 0.717) is 39.1 Å². The van der Waals surface area contributed by atoms with E-state index in [2.05, 4.69) is 0 Å². The Morgan fingerprint density at radius 3 is 2.41 bits per heavy atom. The van der Waals surface area contributed by atoms with Crippen molar-refractivity contribution < 1.29 is 20.1 Å². The first kappa shape index (κ1) is 16.9. The third kappa shape index (κ3) is 4.78. The lowest BCUT2D eigenvalue weighted by Crippen LogP contribution is -2.38. The van der Waals surface area contributed by atoms with Crippen molar-refractivity contribution in [3.8, 4) is 0 Å². The second-order valence-corrected chi connectivity index (χ2v) is 5.67. The fraction of sp³-hybridized carbons (Fsp3) is 0.562. The van der Waals surface area contributed by atoms with Gasteiger partial charge in [0, 0.05) is 32.7 Å². The maximum atomic E-state index is 12.4. The first-order valence-electron chi connectivity index (χ1n) is 7.60. The molecule has 0 radical (unpaired) electrons. The smallest absolute Gasteiger partial charge is 0.227 e. The third-order valence-corrected chi connectivity index (χ3v) is 3.92.